The summed E-state index contributed by atoms with van der Waals surface area (Å²) in [5, 5.41) is 0.672. The van der Waals surface area contributed by atoms with Gasteiger partial charge in [0.1, 0.15) is 0 Å². The van der Waals surface area contributed by atoms with Gasteiger partial charge in [-0.2, -0.15) is 0 Å². The molecule has 1 saturated heterocycles. The summed E-state index contributed by atoms with van der Waals surface area (Å²) in [5.74, 6) is 0. The average molecular weight is 347 g/mol. The van der Waals surface area contributed by atoms with Gasteiger partial charge in [-0.1, -0.05) is 12.1 Å². The third kappa shape index (κ3) is 3.31. The number of benzene rings is 1. The van der Waals surface area contributed by atoms with Gasteiger partial charge in [-0.25, -0.2) is 0 Å². The normalized spacial score (nSPS) is 22.8. The number of rotatable bonds is 3. The van der Waals surface area contributed by atoms with Crippen LogP contribution in [0.3, 0.4) is 0 Å². The Morgan fingerprint density at radius 2 is 1.88 bits per heavy atom. The summed E-state index contributed by atoms with van der Waals surface area (Å²) in [5.41, 5.74) is 0.562. The van der Waals surface area contributed by atoms with Gasteiger partial charge in [-0.05, 0) is 52.0 Å². The van der Waals surface area contributed by atoms with Gasteiger partial charge in [-0.3, -0.25) is 14.3 Å². The quantitative estimate of drug-likeness (QED) is 0.868. The van der Waals surface area contributed by atoms with Crippen LogP contribution in [0.15, 0.2) is 29.1 Å². The minimum atomic E-state index is -0.194. The van der Waals surface area contributed by atoms with E-state index >= 15 is 0 Å². The Balaban J connectivity index is 1.96. The highest BCUT2D eigenvalue weighted by Crippen LogP contribution is 2.23. The van der Waals surface area contributed by atoms with Gasteiger partial charge in [0.2, 0.25) is 0 Å². The number of hydrogen-bond donors (Lipinski definition) is 1. The number of nitrogens with one attached hydrogen (secondary N) is 1. The van der Waals surface area contributed by atoms with Crippen LogP contribution in [0.1, 0.15) is 27.7 Å². The number of hydrogen-bond acceptors (Lipinski definition) is 4. The van der Waals surface area contributed by atoms with E-state index in [0.717, 1.165) is 18.6 Å². The number of aromatic nitrogens is 2. The Hall–Kier alpha value is -1.50. The first kappa shape index (κ1) is 17.3. The maximum atomic E-state index is 12.9. The molecule has 3 rings (SSSR count). The molecule has 130 valence electrons. The SMILES string of the molecule is CC1CN(C(C)(C)Cn2c(=S)[nH]c3ccccc3c2=O)CC(C)O1. The van der Waals surface area contributed by atoms with Gasteiger partial charge < -0.3 is 9.72 Å². The number of nitrogens with zero attached hydrogens (tertiary/aromatic N) is 2. The molecule has 0 bridgehead atoms. The van der Waals surface area contributed by atoms with Crippen molar-refractivity contribution in [3.05, 3.63) is 39.4 Å². The van der Waals surface area contributed by atoms with Gasteiger partial charge in [0.15, 0.2) is 4.77 Å². The van der Waals surface area contributed by atoms with Gasteiger partial charge in [-0.15, -0.1) is 0 Å². The number of morpholine rings is 1. The molecule has 1 N–H and O–H groups in total. The predicted octanol–water partition coefficient (Wildman–Crippen LogP) is 2.95. The van der Waals surface area contributed by atoms with E-state index in [4.69, 9.17) is 17.0 Å². The molecule has 5 nitrogen and oxygen atoms in total. The van der Waals surface area contributed by atoms with Crippen molar-refractivity contribution < 1.29 is 4.74 Å². The molecule has 2 unspecified atom stereocenters. The molecule has 0 amide bonds. The van der Waals surface area contributed by atoms with E-state index in [1.807, 2.05) is 24.3 Å². The highest BCUT2D eigenvalue weighted by Gasteiger charge is 2.34. The molecule has 0 saturated carbocycles. The minimum Gasteiger partial charge on any atom is -0.373 e. The molecule has 2 heterocycles. The molecule has 1 aromatic carbocycles. The molecule has 6 heteroatoms. The summed E-state index contributed by atoms with van der Waals surface area (Å²) < 4.78 is 7.99. The molecular weight excluding hydrogens is 322 g/mol. The zero-order valence-electron chi connectivity index (χ0n) is 14.7. The monoisotopic (exact) mass is 347 g/mol. The second-order valence-corrected chi connectivity index (χ2v) is 7.73. The fourth-order valence-corrected chi connectivity index (χ4v) is 3.76. The molecule has 1 aliphatic rings. The summed E-state index contributed by atoms with van der Waals surface area (Å²) in [4.78, 5) is 18.4. The van der Waals surface area contributed by atoms with Crippen molar-refractivity contribution in [2.45, 2.75) is 52.0 Å². The molecule has 2 atom stereocenters. The van der Waals surface area contributed by atoms with Crippen LogP contribution < -0.4 is 5.56 Å². The first-order valence-electron chi connectivity index (χ1n) is 8.40. The molecule has 24 heavy (non-hydrogen) atoms. The second kappa shape index (κ2) is 6.43. The largest absolute Gasteiger partial charge is 0.373 e. The third-order valence-corrected chi connectivity index (χ3v) is 5.03. The van der Waals surface area contributed by atoms with Crippen LogP contribution in [0, 0.1) is 4.77 Å². The van der Waals surface area contributed by atoms with Crippen LogP contribution in [-0.4, -0.2) is 45.3 Å². The average Bonchev–Trinajstić information content (AvgIpc) is 2.50. The zero-order chi connectivity index (χ0) is 17.5. The molecule has 0 spiro atoms. The van der Waals surface area contributed by atoms with E-state index in [2.05, 4.69) is 37.6 Å². The second-order valence-electron chi connectivity index (χ2n) is 7.34. The minimum absolute atomic E-state index is 0.0308. The molecular formula is C18H25N3O2S. The van der Waals surface area contributed by atoms with Gasteiger partial charge in [0.05, 0.1) is 23.1 Å². The topological polar surface area (TPSA) is 50.3 Å². The maximum absolute atomic E-state index is 12.9. The number of aromatic amines is 1. The van der Waals surface area contributed by atoms with Crippen molar-refractivity contribution in [1.82, 2.24) is 14.5 Å². The lowest BCUT2D eigenvalue weighted by molar-refractivity contribution is -0.0986. The smallest absolute Gasteiger partial charge is 0.262 e. The lowest BCUT2D eigenvalue weighted by Gasteiger charge is -2.45. The molecule has 0 aliphatic carbocycles. The van der Waals surface area contributed by atoms with Crippen molar-refractivity contribution in [1.29, 1.82) is 0 Å². The first-order valence-corrected chi connectivity index (χ1v) is 8.81. The summed E-state index contributed by atoms with van der Waals surface area (Å²) in [6.07, 6.45) is 0.381. The van der Waals surface area contributed by atoms with Gasteiger partial charge >= 0.3 is 0 Å². The van der Waals surface area contributed by atoms with Crippen molar-refractivity contribution in [2.24, 2.45) is 0 Å². The molecule has 1 aliphatic heterocycles. The van der Waals surface area contributed by atoms with E-state index in [-0.39, 0.29) is 23.3 Å². The summed E-state index contributed by atoms with van der Waals surface area (Å²) >= 11 is 5.45. The molecule has 1 fully saturated rings. The van der Waals surface area contributed by atoms with E-state index in [9.17, 15) is 4.79 Å². The van der Waals surface area contributed by atoms with E-state index in [0.29, 0.717) is 16.7 Å². The first-order chi connectivity index (χ1) is 11.3. The van der Waals surface area contributed by atoms with E-state index < -0.39 is 0 Å². The third-order valence-electron chi connectivity index (χ3n) is 4.71. The summed E-state index contributed by atoms with van der Waals surface area (Å²) in [6, 6.07) is 7.50. The Morgan fingerprint density at radius 3 is 2.54 bits per heavy atom. The van der Waals surface area contributed by atoms with Crippen LogP contribution in [0.5, 0.6) is 0 Å². The van der Waals surface area contributed by atoms with Gasteiger partial charge in [0, 0.05) is 25.2 Å². The number of para-hydroxylation sites is 1. The highest BCUT2D eigenvalue weighted by molar-refractivity contribution is 7.71. The summed E-state index contributed by atoms with van der Waals surface area (Å²) in [6.45, 7) is 10.8. The number of ether oxygens (including phenoxy) is 1. The lowest BCUT2D eigenvalue weighted by Crippen LogP contribution is -2.57. The van der Waals surface area contributed by atoms with Crippen molar-refractivity contribution in [3.8, 4) is 0 Å². The van der Waals surface area contributed by atoms with E-state index in [1.54, 1.807) is 4.57 Å². The lowest BCUT2D eigenvalue weighted by atomic mass is 10.00. The van der Waals surface area contributed by atoms with Crippen molar-refractivity contribution >= 4 is 23.1 Å². The van der Waals surface area contributed by atoms with E-state index in [1.165, 1.54) is 0 Å². The maximum Gasteiger partial charge on any atom is 0.262 e. The number of fused-ring (bicyclic) bond motifs is 1. The van der Waals surface area contributed by atoms with Crippen LogP contribution >= 0.6 is 12.2 Å². The molecule has 2 aromatic rings. The fourth-order valence-electron chi connectivity index (χ4n) is 3.50. The summed E-state index contributed by atoms with van der Waals surface area (Å²) in [7, 11) is 0. The number of H-pyrrole nitrogens is 1. The van der Waals surface area contributed by atoms with Crippen LogP contribution in [0.25, 0.3) is 10.9 Å². The van der Waals surface area contributed by atoms with Crippen LogP contribution in [0.2, 0.25) is 0 Å². The van der Waals surface area contributed by atoms with Gasteiger partial charge in [0.25, 0.3) is 5.56 Å². The zero-order valence-corrected chi connectivity index (χ0v) is 15.5. The van der Waals surface area contributed by atoms with Crippen LogP contribution in [-0.2, 0) is 11.3 Å². The Morgan fingerprint density at radius 1 is 1.25 bits per heavy atom. The van der Waals surface area contributed by atoms with Crippen molar-refractivity contribution in [2.75, 3.05) is 13.1 Å². The Labute approximate surface area is 147 Å². The van der Waals surface area contributed by atoms with Crippen molar-refractivity contribution in [3.63, 3.8) is 0 Å². The molecule has 1 aromatic heterocycles. The highest BCUT2D eigenvalue weighted by atomic mass is 32.1. The predicted molar refractivity (Wildman–Crippen MR) is 99.1 cm³/mol. The Bertz CT molecular complexity index is 845. The Kier molecular flexibility index (Phi) is 4.64. The fraction of sp³-hybridized carbons (Fsp3) is 0.556. The molecule has 0 radical (unpaired) electrons. The standard InChI is InChI=1S/C18H25N3O2S/c1-12-9-20(10-13(2)23-12)18(3,4)11-21-16(22)14-7-5-6-8-15(14)19-17(21)24/h5-8,12-13H,9-11H2,1-4H3,(H,19,24). The van der Waals surface area contributed by atoms with Crippen LogP contribution in [0.4, 0.5) is 0 Å².